The molecule has 3 N–H and O–H groups in total. The molecule has 2 amide bonds. The molecule has 0 aromatic carbocycles. The highest BCUT2D eigenvalue weighted by Crippen LogP contribution is 1.99. The number of urea groups is 1. The summed E-state index contributed by atoms with van der Waals surface area (Å²) in [5.74, 6) is -1.27. The number of carboxylic acid groups (broad SMARTS) is 1. The number of hydrogen-bond donors (Lipinski definition) is 3. The zero-order chi connectivity index (χ0) is 13.8. The molecule has 6 nitrogen and oxygen atoms in total. The van der Waals surface area contributed by atoms with Gasteiger partial charge in [-0.15, -0.1) is 0 Å². The second kappa shape index (κ2) is 10.8. The summed E-state index contributed by atoms with van der Waals surface area (Å²) < 4.78 is 4.92. The fraction of sp³-hybridized carbons (Fsp3) is 0.833. The van der Waals surface area contributed by atoms with E-state index in [1.165, 1.54) is 0 Å². The highest BCUT2D eigenvalue weighted by atomic mass is 16.5. The molecule has 6 heteroatoms. The van der Waals surface area contributed by atoms with E-state index in [1.54, 1.807) is 14.0 Å². The molecule has 18 heavy (non-hydrogen) atoms. The van der Waals surface area contributed by atoms with Crippen LogP contribution in [-0.2, 0) is 9.53 Å². The van der Waals surface area contributed by atoms with Gasteiger partial charge in [-0.2, -0.15) is 0 Å². The van der Waals surface area contributed by atoms with Crippen molar-refractivity contribution in [3.63, 3.8) is 0 Å². The van der Waals surface area contributed by atoms with Crippen LogP contribution in [0.3, 0.4) is 0 Å². The van der Waals surface area contributed by atoms with E-state index in [0.717, 1.165) is 25.9 Å². The van der Waals surface area contributed by atoms with Crippen LogP contribution in [0.15, 0.2) is 0 Å². The molecular weight excluding hydrogens is 236 g/mol. The summed E-state index contributed by atoms with van der Waals surface area (Å²) >= 11 is 0. The summed E-state index contributed by atoms with van der Waals surface area (Å²) in [7, 11) is 1.67. The number of aliphatic carboxylic acids is 1. The number of nitrogens with one attached hydrogen (secondary N) is 2. The molecule has 0 fully saturated rings. The molecular formula is C12H24N2O4. The van der Waals surface area contributed by atoms with Gasteiger partial charge in [0.2, 0.25) is 0 Å². The third kappa shape index (κ3) is 9.89. The van der Waals surface area contributed by atoms with Crippen molar-refractivity contribution >= 4 is 12.0 Å². The van der Waals surface area contributed by atoms with Gasteiger partial charge in [0.05, 0.1) is 5.92 Å². The SMILES string of the molecule is COCCCCCNC(=O)NCCC(C)C(=O)O. The van der Waals surface area contributed by atoms with Crippen LogP contribution in [-0.4, -0.2) is 43.9 Å². The molecule has 0 spiro atoms. The third-order valence-corrected chi connectivity index (χ3v) is 2.60. The van der Waals surface area contributed by atoms with Crippen molar-refractivity contribution in [3.8, 4) is 0 Å². The zero-order valence-corrected chi connectivity index (χ0v) is 11.2. The highest BCUT2D eigenvalue weighted by molar-refractivity contribution is 5.74. The molecule has 0 radical (unpaired) electrons. The molecule has 0 aliphatic rings. The Morgan fingerprint density at radius 3 is 2.44 bits per heavy atom. The van der Waals surface area contributed by atoms with Crippen LogP contribution in [0.4, 0.5) is 4.79 Å². The normalized spacial score (nSPS) is 11.9. The number of carbonyl (C=O) groups excluding carboxylic acids is 1. The average Bonchev–Trinajstić information content (AvgIpc) is 2.33. The summed E-state index contributed by atoms with van der Waals surface area (Å²) in [4.78, 5) is 21.8. The van der Waals surface area contributed by atoms with Crippen molar-refractivity contribution in [2.45, 2.75) is 32.6 Å². The van der Waals surface area contributed by atoms with Gasteiger partial charge >= 0.3 is 12.0 Å². The maximum atomic E-state index is 11.3. The van der Waals surface area contributed by atoms with Gasteiger partial charge in [0, 0.05) is 26.8 Å². The number of hydrogen-bond acceptors (Lipinski definition) is 3. The smallest absolute Gasteiger partial charge is 0.314 e. The van der Waals surface area contributed by atoms with Gasteiger partial charge in [-0.1, -0.05) is 6.92 Å². The second-order valence-corrected chi connectivity index (χ2v) is 4.26. The average molecular weight is 260 g/mol. The molecule has 0 aromatic heterocycles. The van der Waals surface area contributed by atoms with E-state index in [4.69, 9.17) is 9.84 Å². The number of amides is 2. The van der Waals surface area contributed by atoms with E-state index in [9.17, 15) is 9.59 Å². The second-order valence-electron chi connectivity index (χ2n) is 4.26. The lowest BCUT2D eigenvalue weighted by Gasteiger charge is -2.09. The van der Waals surface area contributed by atoms with E-state index in [0.29, 0.717) is 19.5 Å². The first-order valence-corrected chi connectivity index (χ1v) is 6.31. The summed E-state index contributed by atoms with van der Waals surface area (Å²) in [6, 6.07) is -0.237. The number of carboxylic acids is 1. The minimum Gasteiger partial charge on any atom is -0.481 e. The van der Waals surface area contributed by atoms with Crippen molar-refractivity contribution in [1.29, 1.82) is 0 Å². The largest absolute Gasteiger partial charge is 0.481 e. The van der Waals surface area contributed by atoms with Crippen LogP contribution < -0.4 is 10.6 Å². The number of ether oxygens (including phenoxy) is 1. The standard InChI is InChI=1S/C12H24N2O4/c1-10(11(15)16)6-8-14-12(17)13-7-4-3-5-9-18-2/h10H,3-9H2,1-2H3,(H,15,16)(H2,13,14,17). The minimum atomic E-state index is -0.838. The van der Waals surface area contributed by atoms with Crippen LogP contribution >= 0.6 is 0 Å². The molecule has 0 saturated carbocycles. The fourth-order valence-electron chi connectivity index (χ4n) is 1.34. The van der Waals surface area contributed by atoms with Gasteiger partial charge < -0.3 is 20.5 Å². The first-order chi connectivity index (χ1) is 8.57. The van der Waals surface area contributed by atoms with E-state index in [2.05, 4.69) is 10.6 Å². The Balaban J connectivity index is 3.35. The maximum Gasteiger partial charge on any atom is 0.314 e. The molecule has 0 rings (SSSR count). The molecule has 0 aliphatic carbocycles. The summed E-state index contributed by atoms with van der Waals surface area (Å²) in [5, 5.41) is 14.0. The Labute approximate surface area is 108 Å². The first-order valence-electron chi connectivity index (χ1n) is 6.31. The van der Waals surface area contributed by atoms with Gasteiger partial charge in [0.25, 0.3) is 0 Å². The molecule has 1 unspecified atom stereocenters. The lowest BCUT2D eigenvalue weighted by atomic mass is 10.1. The topological polar surface area (TPSA) is 87.7 Å². The Morgan fingerprint density at radius 2 is 1.83 bits per heavy atom. The molecule has 106 valence electrons. The quantitative estimate of drug-likeness (QED) is 0.515. The van der Waals surface area contributed by atoms with Gasteiger partial charge in [-0.05, 0) is 25.7 Å². The van der Waals surface area contributed by atoms with Gasteiger partial charge in [-0.25, -0.2) is 4.79 Å². The van der Waals surface area contributed by atoms with E-state index in [-0.39, 0.29) is 6.03 Å². The Hall–Kier alpha value is -1.30. The zero-order valence-electron chi connectivity index (χ0n) is 11.2. The predicted molar refractivity (Wildman–Crippen MR) is 68.5 cm³/mol. The number of rotatable bonds is 10. The lowest BCUT2D eigenvalue weighted by Crippen LogP contribution is -2.37. The van der Waals surface area contributed by atoms with Crippen LogP contribution in [0.25, 0.3) is 0 Å². The number of methoxy groups -OCH3 is 1. The van der Waals surface area contributed by atoms with Crippen molar-refractivity contribution in [2.75, 3.05) is 26.8 Å². The van der Waals surface area contributed by atoms with Crippen molar-refractivity contribution in [3.05, 3.63) is 0 Å². The Bertz CT molecular complexity index is 246. The van der Waals surface area contributed by atoms with Crippen LogP contribution in [0.5, 0.6) is 0 Å². The van der Waals surface area contributed by atoms with E-state index >= 15 is 0 Å². The van der Waals surface area contributed by atoms with Crippen molar-refractivity contribution in [1.82, 2.24) is 10.6 Å². The fourth-order valence-corrected chi connectivity index (χ4v) is 1.34. The first kappa shape index (κ1) is 16.7. The van der Waals surface area contributed by atoms with Gasteiger partial charge in [0.15, 0.2) is 0 Å². The van der Waals surface area contributed by atoms with Crippen LogP contribution in [0, 0.1) is 5.92 Å². The molecule has 0 aromatic rings. The molecule has 0 heterocycles. The highest BCUT2D eigenvalue weighted by Gasteiger charge is 2.10. The summed E-state index contributed by atoms with van der Waals surface area (Å²) in [6.45, 7) is 3.38. The maximum absolute atomic E-state index is 11.3. The molecule has 0 saturated heterocycles. The minimum absolute atomic E-state index is 0.237. The van der Waals surface area contributed by atoms with Crippen molar-refractivity contribution < 1.29 is 19.4 Å². The molecule has 1 atom stereocenters. The summed E-state index contributed by atoms with van der Waals surface area (Å²) in [5.41, 5.74) is 0. The van der Waals surface area contributed by atoms with Gasteiger partial charge in [0.1, 0.15) is 0 Å². The van der Waals surface area contributed by atoms with Crippen molar-refractivity contribution in [2.24, 2.45) is 5.92 Å². The Morgan fingerprint density at radius 1 is 1.17 bits per heavy atom. The monoisotopic (exact) mass is 260 g/mol. The van der Waals surface area contributed by atoms with Gasteiger partial charge in [-0.3, -0.25) is 4.79 Å². The Kier molecular flexibility index (Phi) is 10.0. The molecule has 0 aliphatic heterocycles. The van der Waals surface area contributed by atoms with E-state index in [1.807, 2.05) is 0 Å². The third-order valence-electron chi connectivity index (χ3n) is 2.60. The van der Waals surface area contributed by atoms with Crippen LogP contribution in [0.2, 0.25) is 0 Å². The van der Waals surface area contributed by atoms with E-state index < -0.39 is 11.9 Å². The lowest BCUT2D eigenvalue weighted by molar-refractivity contribution is -0.141. The van der Waals surface area contributed by atoms with Crippen LogP contribution in [0.1, 0.15) is 32.6 Å². The number of carbonyl (C=O) groups is 2. The molecule has 0 bridgehead atoms. The summed E-state index contributed by atoms with van der Waals surface area (Å²) in [6.07, 6.45) is 3.37. The predicted octanol–water partition coefficient (Wildman–Crippen LogP) is 1.21. The number of unbranched alkanes of at least 4 members (excludes halogenated alkanes) is 2.